The predicted octanol–water partition coefficient (Wildman–Crippen LogP) is 1.95. The van der Waals surface area contributed by atoms with Crippen LogP contribution in [0.15, 0.2) is 22.9 Å². The molecular weight excluding hydrogens is 294 g/mol. The van der Waals surface area contributed by atoms with Crippen molar-refractivity contribution in [1.29, 1.82) is 0 Å². The average molecular weight is 314 g/mol. The summed E-state index contributed by atoms with van der Waals surface area (Å²) in [4.78, 5) is 6.65. The normalized spacial score (nSPS) is 25.3. The van der Waals surface area contributed by atoms with E-state index in [0.29, 0.717) is 0 Å². The lowest BCUT2D eigenvalue weighted by atomic mass is 9.92. The van der Waals surface area contributed by atoms with Gasteiger partial charge in [0.2, 0.25) is 0 Å². The van der Waals surface area contributed by atoms with Gasteiger partial charge >= 0.3 is 0 Å². The number of aromatic nitrogens is 1. The minimum atomic E-state index is 0.173. The van der Waals surface area contributed by atoms with Crippen molar-refractivity contribution < 1.29 is 4.74 Å². The molecule has 100 valence electrons. The minimum Gasteiger partial charge on any atom is -0.383 e. The molecule has 0 radical (unpaired) electrons. The van der Waals surface area contributed by atoms with E-state index in [-0.39, 0.29) is 12.1 Å². The maximum Gasteiger partial charge on any atom is 0.0589 e. The van der Waals surface area contributed by atoms with E-state index in [2.05, 4.69) is 31.9 Å². The van der Waals surface area contributed by atoms with Gasteiger partial charge in [0.05, 0.1) is 12.6 Å². The molecule has 0 aliphatic carbocycles. The first-order chi connectivity index (χ1) is 8.72. The predicted molar refractivity (Wildman–Crippen MR) is 75.3 cm³/mol. The van der Waals surface area contributed by atoms with Crippen molar-refractivity contribution in [3.8, 4) is 0 Å². The average Bonchev–Trinajstić information content (AvgIpc) is 2.36. The van der Waals surface area contributed by atoms with Crippen molar-refractivity contribution >= 4 is 15.9 Å². The Kier molecular flexibility index (Phi) is 5.12. The van der Waals surface area contributed by atoms with E-state index in [1.165, 1.54) is 5.56 Å². The summed E-state index contributed by atoms with van der Waals surface area (Å²) >= 11 is 3.47. The Balaban J connectivity index is 2.18. The second-order valence-corrected chi connectivity index (χ2v) is 5.63. The molecule has 1 saturated heterocycles. The molecule has 2 rings (SSSR count). The fourth-order valence-corrected chi connectivity index (χ4v) is 2.99. The monoisotopic (exact) mass is 313 g/mol. The van der Waals surface area contributed by atoms with E-state index in [1.54, 1.807) is 13.3 Å². The lowest BCUT2D eigenvalue weighted by Crippen LogP contribution is -2.46. The standard InChI is InChI=1S/C13H20BrN3O/c1-18-6-5-17-4-2-3-12(15)13(17)10-7-11(14)9-16-8-10/h7-9,12-13H,2-6,15H2,1H3. The zero-order valence-corrected chi connectivity index (χ0v) is 12.3. The number of likely N-dealkylation sites (tertiary alicyclic amines) is 1. The Morgan fingerprint density at radius 1 is 1.56 bits per heavy atom. The van der Waals surface area contributed by atoms with E-state index in [0.717, 1.165) is 37.0 Å². The molecule has 1 fully saturated rings. The molecule has 2 N–H and O–H groups in total. The van der Waals surface area contributed by atoms with Gasteiger partial charge in [-0.25, -0.2) is 0 Å². The molecule has 0 spiro atoms. The van der Waals surface area contributed by atoms with Crippen LogP contribution in [0.1, 0.15) is 24.4 Å². The first-order valence-corrected chi connectivity index (χ1v) is 7.10. The third-order valence-electron chi connectivity index (χ3n) is 3.43. The molecule has 0 bridgehead atoms. The van der Waals surface area contributed by atoms with Crippen molar-refractivity contribution in [1.82, 2.24) is 9.88 Å². The van der Waals surface area contributed by atoms with Gasteiger partial charge in [-0.05, 0) is 46.9 Å². The Morgan fingerprint density at radius 3 is 3.11 bits per heavy atom. The van der Waals surface area contributed by atoms with E-state index in [9.17, 15) is 0 Å². The zero-order chi connectivity index (χ0) is 13.0. The van der Waals surface area contributed by atoms with Gasteiger partial charge < -0.3 is 10.5 Å². The summed E-state index contributed by atoms with van der Waals surface area (Å²) in [6, 6.07) is 2.54. The molecule has 0 saturated carbocycles. The van der Waals surface area contributed by atoms with Crippen LogP contribution in [0.2, 0.25) is 0 Å². The topological polar surface area (TPSA) is 51.4 Å². The molecule has 2 unspecified atom stereocenters. The summed E-state index contributed by atoms with van der Waals surface area (Å²) in [5.41, 5.74) is 7.49. The lowest BCUT2D eigenvalue weighted by molar-refractivity contribution is 0.0846. The number of hydrogen-bond acceptors (Lipinski definition) is 4. The van der Waals surface area contributed by atoms with Crippen molar-refractivity contribution in [2.75, 3.05) is 26.8 Å². The maximum absolute atomic E-state index is 6.30. The Hall–Kier alpha value is -0.490. The molecule has 2 heterocycles. The summed E-state index contributed by atoms with van der Waals surface area (Å²) in [6.45, 7) is 2.74. The van der Waals surface area contributed by atoms with Crippen LogP contribution >= 0.6 is 15.9 Å². The molecular formula is C13H20BrN3O. The van der Waals surface area contributed by atoms with Crippen LogP contribution in [-0.4, -0.2) is 42.7 Å². The van der Waals surface area contributed by atoms with Crippen LogP contribution in [0.4, 0.5) is 0 Å². The number of hydrogen-bond donors (Lipinski definition) is 1. The fraction of sp³-hybridized carbons (Fsp3) is 0.615. The van der Waals surface area contributed by atoms with Gasteiger partial charge in [-0.15, -0.1) is 0 Å². The molecule has 4 nitrogen and oxygen atoms in total. The Bertz CT molecular complexity index is 388. The summed E-state index contributed by atoms with van der Waals surface area (Å²) < 4.78 is 6.18. The molecule has 1 aromatic heterocycles. The van der Waals surface area contributed by atoms with Gasteiger partial charge in [0, 0.05) is 36.6 Å². The van der Waals surface area contributed by atoms with E-state index in [1.807, 2.05) is 6.20 Å². The summed E-state index contributed by atoms with van der Waals surface area (Å²) in [7, 11) is 1.74. The number of ether oxygens (including phenoxy) is 1. The van der Waals surface area contributed by atoms with Gasteiger partial charge in [-0.3, -0.25) is 9.88 Å². The number of pyridine rings is 1. The molecule has 1 aliphatic heterocycles. The number of piperidine rings is 1. The van der Waals surface area contributed by atoms with Crippen molar-refractivity contribution in [3.05, 3.63) is 28.5 Å². The SMILES string of the molecule is COCCN1CCCC(N)C1c1cncc(Br)c1. The maximum atomic E-state index is 6.30. The van der Waals surface area contributed by atoms with Crippen LogP contribution < -0.4 is 5.73 Å². The number of nitrogens with two attached hydrogens (primary N) is 1. The lowest BCUT2D eigenvalue weighted by Gasteiger charge is -2.39. The van der Waals surface area contributed by atoms with Crippen molar-refractivity contribution in [2.45, 2.75) is 24.9 Å². The van der Waals surface area contributed by atoms with Gasteiger partial charge in [0.25, 0.3) is 0 Å². The highest BCUT2D eigenvalue weighted by atomic mass is 79.9. The number of rotatable bonds is 4. The second-order valence-electron chi connectivity index (χ2n) is 4.72. The fourth-order valence-electron chi connectivity index (χ4n) is 2.61. The van der Waals surface area contributed by atoms with Gasteiger partial charge in [0.1, 0.15) is 0 Å². The highest BCUT2D eigenvalue weighted by Crippen LogP contribution is 2.30. The summed E-state index contributed by atoms with van der Waals surface area (Å²) in [5, 5.41) is 0. The third kappa shape index (κ3) is 3.29. The van der Waals surface area contributed by atoms with Crippen LogP contribution in [0.5, 0.6) is 0 Å². The van der Waals surface area contributed by atoms with Crippen LogP contribution in [0, 0.1) is 0 Å². The van der Waals surface area contributed by atoms with Gasteiger partial charge in [0.15, 0.2) is 0 Å². The van der Waals surface area contributed by atoms with Crippen molar-refractivity contribution in [3.63, 3.8) is 0 Å². The Morgan fingerprint density at radius 2 is 2.39 bits per heavy atom. The molecule has 0 amide bonds. The summed E-state index contributed by atoms with van der Waals surface area (Å²) in [5.74, 6) is 0. The number of methoxy groups -OCH3 is 1. The first kappa shape index (κ1) is 13.9. The third-order valence-corrected chi connectivity index (χ3v) is 3.87. The zero-order valence-electron chi connectivity index (χ0n) is 10.7. The van der Waals surface area contributed by atoms with Gasteiger partial charge in [-0.1, -0.05) is 0 Å². The molecule has 18 heavy (non-hydrogen) atoms. The largest absolute Gasteiger partial charge is 0.383 e. The smallest absolute Gasteiger partial charge is 0.0589 e. The number of nitrogens with zero attached hydrogens (tertiary/aromatic N) is 2. The van der Waals surface area contributed by atoms with E-state index in [4.69, 9.17) is 10.5 Å². The van der Waals surface area contributed by atoms with Crippen LogP contribution in [0.3, 0.4) is 0 Å². The molecule has 5 heteroatoms. The van der Waals surface area contributed by atoms with E-state index < -0.39 is 0 Å². The van der Waals surface area contributed by atoms with Gasteiger partial charge in [-0.2, -0.15) is 0 Å². The van der Waals surface area contributed by atoms with Crippen molar-refractivity contribution in [2.24, 2.45) is 5.73 Å². The number of halogens is 1. The molecule has 1 aliphatic rings. The summed E-state index contributed by atoms with van der Waals surface area (Å²) in [6.07, 6.45) is 5.95. The molecule has 1 aromatic rings. The first-order valence-electron chi connectivity index (χ1n) is 6.31. The molecule has 2 atom stereocenters. The second kappa shape index (κ2) is 6.61. The van der Waals surface area contributed by atoms with Crippen LogP contribution in [0.25, 0.3) is 0 Å². The van der Waals surface area contributed by atoms with E-state index >= 15 is 0 Å². The Labute approximate surface area is 117 Å². The minimum absolute atomic E-state index is 0.173. The van der Waals surface area contributed by atoms with Crippen LogP contribution in [-0.2, 0) is 4.74 Å². The highest BCUT2D eigenvalue weighted by molar-refractivity contribution is 9.10. The quantitative estimate of drug-likeness (QED) is 0.923. The highest BCUT2D eigenvalue weighted by Gasteiger charge is 2.30. The molecule has 0 aromatic carbocycles.